The van der Waals surface area contributed by atoms with Gasteiger partial charge < -0.3 is 19.5 Å². The van der Waals surface area contributed by atoms with Crippen molar-refractivity contribution in [2.75, 3.05) is 20.3 Å². The van der Waals surface area contributed by atoms with E-state index in [1.807, 2.05) is 18.2 Å². The Kier molecular flexibility index (Phi) is 7.52. The van der Waals surface area contributed by atoms with Crippen LogP contribution in [0.25, 0.3) is 0 Å². The summed E-state index contributed by atoms with van der Waals surface area (Å²) in [7, 11) is 1.24. The molecule has 2 aromatic carbocycles. The summed E-state index contributed by atoms with van der Waals surface area (Å²) in [6, 6.07) is 14.9. The number of carbonyl (C=O) groups excluding carboxylic acids is 3. The number of esters is 2. The molecular weight excluding hydrogens is 465 g/mol. The standard InChI is InChI=1S/C28H28FNO6/c1-16-14-21-25(26(31)22(16)27(32)34-3)24(18-8-7-9-19(29)15-18)23(17(2)30-21)28(33)36-13-12-35-20-10-5-4-6-11-20/h4-11,15-16,22,24,30H,12-14H2,1-3H3/t16-,22+,24+/m1/s1. The van der Waals surface area contributed by atoms with Gasteiger partial charge in [0, 0.05) is 22.9 Å². The van der Waals surface area contributed by atoms with E-state index in [-0.39, 0.29) is 30.3 Å². The second kappa shape index (κ2) is 10.8. The number of ketones is 1. The zero-order valence-corrected chi connectivity index (χ0v) is 20.4. The molecular formula is C28H28FNO6. The number of benzene rings is 2. The molecule has 0 bridgehead atoms. The summed E-state index contributed by atoms with van der Waals surface area (Å²) in [5.41, 5.74) is 1.98. The number of methoxy groups -OCH3 is 1. The van der Waals surface area contributed by atoms with E-state index in [0.29, 0.717) is 29.1 Å². The first-order valence-electron chi connectivity index (χ1n) is 11.7. The SMILES string of the molecule is COC(=O)[C@@H]1C(=O)C2=C(C[C@H]1C)NC(C)=C(C(=O)OCCOc1ccccc1)[C@@H]2c1cccc(F)c1. The monoisotopic (exact) mass is 493 g/mol. The molecule has 3 atom stereocenters. The van der Waals surface area contributed by atoms with E-state index in [1.54, 1.807) is 32.0 Å². The summed E-state index contributed by atoms with van der Waals surface area (Å²) in [5.74, 6) is -3.80. The Balaban J connectivity index is 1.64. The Labute approximate surface area is 208 Å². The van der Waals surface area contributed by atoms with Crippen LogP contribution in [-0.4, -0.2) is 38.0 Å². The van der Waals surface area contributed by atoms with Crippen LogP contribution in [-0.2, 0) is 23.9 Å². The molecule has 0 fully saturated rings. The number of hydrogen-bond donors (Lipinski definition) is 1. The Hall–Kier alpha value is -3.94. The summed E-state index contributed by atoms with van der Waals surface area (Å²) in [6.07, 6.45) is 0.400. The van der Waals surface area contributed by atoms with E-state index >= 15 is 0 Å². The van der Waals surface area contributed by atoms with Gasteiger partial charge in [-0.15, -0.1) is 0 Å². The Bertz CT molecular complexity index is 1240. The minimum atomic E-state index is -1.01. The van der Waals surface area contributed by atoms with Crippen molar-refractivity contribution in [1.82, 2.24) is 5.32 Å². The molecule has 7 nitrogen and oxygen atoms in total. The van der Waals surface area contributed by atoms with Gasteiger partial charge in [0.05, 0.1) is 12.7 Å². The van der Waals surface area contributed by atoms with Gasteiger partial charge in [-0.2, -0.15) is 0 Å². The van der Waals surface area contributed by atoms with Crippen molar-refractivity contribution >= 4 is 17.7 Å². The molecule has 2 aromatic rings. The summed E-state index contributed by atoms with van der Waals surface area (Å²) >= 11 is 0. The normalized spacial score (nSPS) is 21.4. The lowest BCUT2D eigenvalue weighted by molar-refractivity contribution is -0.151. The van der Waals surface area contributed by atoms with E-state index in [2.05, 4.69) is 5.32 Å². The molecule has 4 rings (SSSR count). The minimum Gasteiger partial charge on any atom is -0.490 e. The molecule has 2 aliphatic rings. The van der Waals surface area contributed by atoms with E-state index in [1.165, 1.54) is 25.3 Å². The summed E-state index contributed by atoms with van der Waals surface area (Å²) in [4.78, 5) is 39.4. The zero-order chi connectivity index (χ0) is 25.8. The van der Waals surface area contributed by atoms with Crippen LogP contribution in [0, 0.1) is 17.7 Å². The number of nitrogens with one attached hydrogen (secondary N) is 1. The molecule has 0 unspecified atom stereocenters. The largest absolute Gasteiger partial charge is 0.490 e. The topological polar surface area (TPSA) is 90.9 Å². The summed E-state index contributed by atoms with van der Waals surface area (Å²) in [5, 5.41) is 3.18. The molecule has 36 heavy (non-hydrogen) atoms. The lowest BCUT2D eigenvalue weighted by atomic mass is 9.69. The van der Waals surface area contributed by atoms with Gasteiger partial charge in [0.2, 0.25) is 0 Å². The average Bonchev–Trinajstić information content (AvgIpc) is 2.86. The maximum absolute atomic E-state index is 14.3. The summed E-state index contributed by atoms with van der Waals surface area (Å²) < 4.78 is 30.2. The van der Waals surface area contributed by atoms with Gasteiger partial charge >= 0.3 is 11.9 Å². The molecule has 0 radical (unpaired) electrons. The maximum Gasteiger partial charge on any atom is 0.336 e. The highest BCUT2D eigenvalue weighted by molar-refractivity contribution is 6.12. The van der Waals surface area contributed by atoms with Crippen molar-refractivity contribution in [3.05, 3.63) is 88.5 Å². The fourth-order valence-corrected chi connectivity index (χ4v) is 4.86. The van der Waals surface area contributed by atoms with E-state index < -0.39 is 35.4 Å². The fraction of sp³-hybridized carbons (Fsp3) is 0.321. The fourth-order valence-electron chi connectivity index (χ4n) is 4.86. The number of halogens is 1. The number of ether oxygens (including phenoxy) is 3. The maximum atomic E-state index is 14.3. The molecule has 0 aromatic heterocycles. The van der Waals surface area contributed by atoms with Crippen LogP contribution in [0.4, 0.5) is 4.39 Å². The molecule has 0 saturated heterocycles. The molecule has 0 spiro atoms. The van der Waals surface area contributed by atoms with Crippen molar-refractivity contribution in [3.63, 3.8) is 0 Å². The first-order valence-corrected chi connectivity index (χ1v) is 11.7. The second-order valence-corrected chi connectivity index (χ2v) is 8.89. The van der Waals surface area contributed by atoms with Gasteiger partial charge in [-0.1, -0.05) is 37.3 Å². The van der Waals surface area contributed by atoms with Crippen LogP contribution >= 0.6 is 0 Å². The third-order valence-corrected chi connectivity index (χ3v) is 6.47. The number of hydrogen-bond acceptors (Lipinski definition) is 7. The van der Waals surface area contributed by atoms with Crippen molar-refractivity contribution in [2.24, 2.45) is 11.8 Å². The highest BCUT2D eigenvalue weighted by atomic mass is 19.1. The van der Waals surface area contributed by atoms with Crippen LogP contribution in [0.5, 0.6) is 5.75 Å². The third-order valence-electron chi connectivity index (χ3n) is 6.47. The zero-order valence-electron chi connectivity index (χ0n) is 20.4. The number of carbonyl (C=O) groups is 3. The molecule has 188 valence electrons. The van der Waals surface area contributed by atoms with Gasteiger partial charge in [-0.05, 0) is 49.1 Å². The van der Waals surface area contributed by atoms with Gasteiger partial charge in [0.1, 0.15) is 30.7 Å². The van der Waals surface area contributed by atoms with E-state index in [4.69, 9.17) is 14.2 Å². The second-order valence-electron chi connectivity index (χ2n) is 8.89. The number of allylic oxidation sites excluding steroid dienone is 3. The predicted octanol–water partition coefficient (Wildman–Crippen LogP) is 4.06. The molecule has 8 heteroatoms. The number of rotatable bonds is 7. The highest BCUT2D eigenvalue weighted by Gasteiger charge is 2.47. The molecule has 1 N–H and O–H groups in total. The van der Waals surface area contributed by atoms with Gasteiger partial charge in [0.15, 0.2) is 5.78 Å². The van der Waals surface area contributed by atoms with E-state index in [0.717, 1.165) is 0 Å². The van der Waals surface area contributed by atoms with E-state index in [9.17, 15) is 18.8 Å². The number of para-hydroxylation sites is 1. The van der Waals surface area contributed by atoms with Crippen LogP contribution < -0.4 is 10.1 Å². The molecule has 0 amide bonds. The lowest BCUT2D eigenvalue weighted by Crippen LogP contribution is -2.43. The Morgan fingerprint density at radius 3 is 2.53 bits per heavy atom. The molecule has 1 heterocycles. The Morgan fingerprint density at radius 1 is 1.08 bits per heavy atom. The van der Waals surface area contributed by atoms with Crippen LogP contribution in [0.2, 0.25) is 0 Å². The van der Waals surface area contributed by atoms with Crippen LogP contribution in [0.1, 0.15) is 31.7 Å². The van der Waals surface area contributed by atoms with Crippen molar-refractivity contribution in [2.45, 2.75) is 26.2 Å². The minimum absolute atomic E-state index is 0.0257. The van der Waals surface area contributed by atoms with Crippen LogP contribution in [0.3, 0.4) is 0 Å². The first kappa shape index (κ1) is 25.2. The predicted molar refractivity (Wildman–Crippen MR) is 129 cm³/mol. The molecule has 1 aliphatic carbocycles. The first-order chi connectivity index (χ1) is 17.3. The Morgan fingerprint density at radius 2 is 1.83 bits per heavy atom. The summed E-state index contributed by atoms with van der Waals surface area (Å²) in [6.45, 7) is 3.63. The number of dihydropyridines is 1. The third kappa shape index (κ3) is 5.03. The highest BCUT2D eigenvalue weighted by Crippen LogP contribution is 2.45. The van der Waals surface area contributed by atoms with Crippen molar-refractivity contribution in [3.8, 4) is 5.75 Å². The quantitative estimate of drug-likeness (QED) is 0.353. The number of Topliss-reactive ketones (excluding diaryl/α,β-unsaturated/α-hetero) is 1. The lowest BCUT2D eigenvalue weighted by Gasteiger charge is -2.38. The van der Waals surface area contributed by atoms with Gasteiger partial charge in [-0.3, -0.25) is 9.59 Å². The van der Waals surface area contributed by atoms with Gasteiger partial charge in [0.25, 0.3) is 0 Å². The van der Waals surface area contributed by atoms with Crippen LogP contribution in [0.15, 0.2) is 77.1 Å². The van der Waals surface area contributed by atoms with Gasteiger partial charge in [-0.25, -0.2) is 9.18 Å². The van der Waals surface area contributed by atoms with Crippen molar-refractivity contribution in [1.29, 1.82) is 0 Å². The smallest absolute Gasteiger partial charge is 0.336 e. The van der Waals surface area contributed by atoms with Crippen molar-refractivity contribution < 1.29 is 33.0 Å². The molecule has 0 saturated carbocycles. The molecule has 1 aliphatic heterocycles. The average molecular weight is 494 g/mol.